The SMILES string of the molecule is C1=Cc2ccc3c(c2CC1)CC(Nc1ccc2oc4ccccc4c2c1)C=C3. The normalized spacial score (nSPS) is 17.6. The van der Waals surface area contributed by atoms with Gasteiger partial charge in [-0.1, -0.05) is 54.6 Å². The molecule has 2 heteroatoms. The summed E-state index contributed by atoms with van der Waals surface area (Å²) in [7, 11) is 0. The second-order valence-electron chi connectivity index (χ2n) is 7.77. The van der Waals surface area contributed by atoms with Gasteiger partial charge in [0.15, 0.2) is 0 Å². The van der Waals surface area contributed by atoms with E-state index in [9.17, 15) is 0 Å². The summed E-state index contributed by atoms with van der Waals surface area (Å²) in [4.78, 5) is 0. The molecule has 1 N–H and O–H groups in total. The number of hydrogen-bond acceptors (Lipinski definition) is 2. The maximum Gasteiger partial charge on any atom is 0.135 e. The summed E-state index contributed by atoms with van der Waals surface area (Å²) in [6, 6.07) is 19.5. The first-order valence-corrected chi connectivity index (χ1v) is 10.0. The second kappa shape index (κ2) is 6.13. The molecule has 2 nitrogen and oxygen atoms in total. The highest BCUT2D eigenvalue weighted by molar-refractivity contribution is 6.05. The molecule has 3 aromatic carbocycles. The van der Waals surface area contributed by atoms with Gasteiger partial charge in [-0.15, -0.1) is 0 Å². The summed E-state index contributed by atoms with van der Waals surface area (Å²) in [6.45, 7) is 0. The van der Waals surface area contributed by atoms with Gasteiger partial charge in [0, 0.05) is 22.5 Å². The van der Waals surface area contributed by atoms with Gasteiger partial charge in [-0.25, -0.2) is 0 Å². The number of benzene rings is 3. The fourth-order valence-corrected chi connectivity index (χ4v) is 4.65. The van der Waals surface area contributed by atoms with Crippen LogP contribution in [0.25, 0.3) is 34.1 Å². The Labute approximate surface area is 164 Å². The van der Waals surface area contributed by atoms with Crippen LogP contribution in [0.2, 0.25) is 0 Å². The predicted molar refractivity (Wildman–Crippen MR) is 118 cm³/mol. The van der Waals surface area contributed by atoms with Gasteiger partial charge in [-0.05, 0) is 65.8 Å². The van der Waals surface area contributed by atoms with Crippen LogP contribution in [0.1, 0.15) is 28.7 Å². The lowest BCUT2D eigenvalue weighted by atomic mass is 9.84. The summed E-state index contributed by atoms with van der Waals surface area (Å²) >= 11 is 0. The van der Waals surface area contributed by atoms with E-state index in [1.807, 2.05) is 12.1 Å². The van der Waals surface area contributed by atoms with Crippen molar-refractivity contribution in [1.82, 2.24) is 0 Å². The quantitative estimate of drug-likeness (QED) is 0.434. The average Bonchev–Trinajstić information content (AvgIpc) is 3.12. The molecule has 2 aliphatic rings. The van der Waals surface area contributed by atoms with Crippen LogP contribution in [0.4, 0.5) is 5.69 Å². The van der Waals surface area contributed by atoms with E-state index in [1.54, 1.807) is 0 Å². The standard InChI is InChI=1S/C26H21NO/c1-2-6-21-17(5-1)9-10-18-11-12-19(15-23(18)21)27-20-13-14-26-24(16-20)22-7-3-4-8-25(22)28-26/h1,3-5,7-14,16,19,27H,2,6,15H2. The zero-order valence-electron chi connectivity index (χ0n) is 15.6. The lowest BCUT2D eigenvalue weighted by Gasteiger charge is -2.26. The monoisotopic (exact) mass is 363 g/mol. The molecule has 6 rings (SSSR count). The fourth-order valence-electron chi connectivity index (χ4n) is 4.65. The minimum Gasteiger partial charge on any atom is -0.456 e. The van der Waals surface area contributed by atoms with E-state index in [2.05, 4.69) is 72.1 Å². The lowest BCUT2D eigenvalue weighted by molar-refractivity contribution is 0.669. The number of anilines is 1. The van der Waals surface area contributed by atoms with Crippen molar-refractivity contribution < 1.29 is 4.42 Å². The molecule has 1 atom stereocenters. The van der Waals surface area contributed by atoms with Crippen molar-refractivity contribution >= 4 is 39.8 Å². The van der Waals surface area contributed by atoms with Crippen molar-refractivity contribution in [1.29, 1.82) is 0 Å². The predicted octanol–water partition coefficient (Wildman–Crippen LogP) is 6.60. The minimum atomic E-state index is 0.306. The maximum atomic E-state index is 5.96. The molecule has 0 amide bonds. The molecule has 2 aliphatic carbocycles. The van der Waals surface area contributed by atoms with E-state index in [-0.39, 0.29) is 0 Å². The highest BCUT2D eigenvalue weighted by atomic mass is 16.3. The number of furan rings is 1. The van der Waals surface area contributed by atoms with Crippen LogP contribution in [0.15, 0.2) is 71.2 Å². The van der Waals surface area contributed by atoms with E-state index in [0.717, 1.165) is 36.1 Å². The van der Waals surface area contributed by atoms with Crippen molar-refractivity contribution in [2.24, 2.45) is 0 Å². The molecule has 0 spiro atoms. The van der Waals surface area contributed by atoms with E-state index in [4.69, 9.17) is 4.42 Å². The van der Waals surface area contributed by atoms with Crippen LogP contribution >= 0.6 is 0 Å². The van der Waals surface area contributed by atoms with Gasteiger partial charge >= 0.3 is 0 Å². The van der Waals surface area contributed by atoms with E-state index in [0.29, 0.717) is 6.04 Å². The molecule has 0 saturated carbocycles. The molecule has 0 saturated heterocycles. The molecule has 1 aromatic heterocycles. The number of allylic oxidation sites excluding steroid dienone is 1. The number of hydrogen-bond donors (Lipinski definition) is 1. The van der Waals surface area contributed by atoms with Gasteiger partial charge in [0.05, 0.1) is 0 Å². The Morgan fingerprint density at radius 3 is 2.64 bits per heavy atom. The van der Waals surface area contributed by atoms with E-state index >= 15 is 0 Å². The summed E-state index contributed by atoms with van der Waals surface area (Å²) in [5, 5.41) is 6.07. The molecule has 0 aliphatic heterocycles. The Morgan fingerprint density at radius 2 is 1.68 bits per heavy atom. The van der Waals surface area contributed by atoms with Gasteiger partial charge in [0.1, 0.15) is 11.2 Å². The number of rotatable bonds is 2. The average molecular weight is 363 g/mol. The molecule has 0 fully saturated rings. The molecule has 1 unspecified atom stereocenters. The number of nitrogens with one attached hydrogen (secondary N) is 1. The molecule has 1 heterocycles. The lowest BCUT2D eigenvalue weighted by Crippen LogP contribution is -2.23. The fraction of sp³-hybridized carbons (Fsp3) is 0.154. The smallest absolute Gasteiger partial charge is 0.135 e. The van der Waals surface area contributed by atoms with Crippen molar-refractivity contribution in [2.75, 3.05) is 5.32 Å². The molecule has 4 aromatic rings. The number of fused-ring (bicyclic) bond motifs is 6. The molecular formula is C26H21NO. The Bertz CT molecular complexity index is 1270. The van der Waals surface area contributed by atoms with Crippen LogP contribution in [-0.2, 0) is 12.8 Å². The van der Waals surface area contributed by atoms with Gasteiger partial charge in [-0.3, -0.25) is 0 Å². The van der Waals surface area contributed by atoms with Crippen molar-refractivity contribution in [3.8, 4) is 0 Å². The molecule has 28 heavy (non-hydrogen) atoms. The van der Waals surface area contributed by atoms with Gasteiger partial charge in [-0.2, -0.15) is 0 Å². The summed E-state index contributed by atoms with van der Waals surface area (Å²) in [6.07, 6.45) is 12.5. The largest absolute Gasteiger partial charge is 0.456 e. The third-order valence-electron chi connectivity index (χ3n) is 6.02. The first-order valence-electron chi connectivity index (χ1n) is 10.0. The zero-order chi connectivity index (χ0) is 18.5. The summed E-state index contributed by atoms with van der Waals surface area (Å²) < 4.78 is 5.96. The van der Waals surface area contributed by atoms with Crippen LogP contribution in [0, 0.1) is 0 Å². The topological polar surface area (TPSA) is 25.2 Å². The first-order chi connectivity index (χ1) is 13.8. The minimum absolute atomic E-state index is 0.306. The maximum absolute atomic E-state index is 5.96. The van der Waals surface area contributed by atoms with E-state index in [1.165, 1.54) is 33.0 Å². The van der Waals surface area contributed by atoms with E-state index < -0.39 is 0 Å². The van der Waals surface area contributed by atoms with Crippen molar-refractivity contribution in [3.63, 3.8) is 0 Å². The summed E-state index contributed by atoms with van der Waals surface area (Å²) in [5.41, 5.74) is 8.85. The zero-order valence-corrected chi connectivity index (χ0v) is 15.6. The Morgan fingerprint density at radius 1 is 0.821 bits per heavy atom. The third-order valence-corrected chi connectivity index (χ3v) is 6.02. The third kappa shape index (κ3) is 2.49. The molecule has 136 valence electrons. The second-order valence-corrected chi connectivity index (χ2v) is 7.77. The molecular weight excluding hydrogens is 342 g/mol. The van der Waals surface area contributed by atoms with Crippen LogP contribution in [0.5, 0.6) is 0 Å². The highest BCUT2D eigenvalue weighted by Gasteiger charge is 2.19. The van der Waals surface area contributed by atoms with Crippen LogP contribution < -0.4 is 5.32 Å². The summed E-state index contributed by atoms with van der Waals surface area (Å²) in [5.74, 6) is 0. The van der Waals surface area contributed by atoms with Crippen molar-refractivity contribution in [3.05, 3.63) is 89.0 Å². The van der Waals surface area contributed by atoms with Crippen LogP contribution in [0.3, 0.4) is 0 Å². The Kier molecular flexibility index (Phi) is 3.45. The Hall–Kier alpha value is -3.26. The van der Waals surface area contributed by atoms with Crippen molar-refractivity contribution in [2.45, 2.75) is 25.3 Å². The van der Waals surface area contributed by atoms with Crippen LogP contribution in [-0.4, -0.2) is 6.04 Å². The number of para-hydroxylation sites is 1. The van der Waals surface area contributed by atoms with Gasteiger partial charge in [0.25, 0.3) is 0 Å². The molecule has 0 radical (unpaired) electrons. The van der Waals surface area contributed by atoms with Gasteiger partial charge < -0.3 is 9.73 Å². The Balaban J connectivity index is 1.34. The highest BCUT2D eigenvalue weighted by Crippen LogP contribution is 2.33. The van der Waals surface area contributed by atoms with Gasteiger partial charge in [0.2, 0.25) is 0 Å². The molecule has 0 bridgehead atoms. The first kappa shape index (κ1) is 15.8.